The molecule has 1 aliphatic heterocycles. The normalized spacial score (nSPS) is 34.0. The van der Waals surface area contributed by atoms with Crippen LogP contribution >= 0.6 is 0 Å². The number of carbonyl (C=O) groups excluding carboxylic acids is 4. The molecule has 4 aliphatic carbocycles. The number of allylic oxidation sites excluding steroid dienone is 1. The number of rotatable bonds is 16. The Kier molecular flexibility index (Phi) is 14.4. The largest absolute Gasteiger partial charge is 0.460 e. The van der Waals surface area contributed by atoms with Gasteiger partial charge in [0.05, 0.1) is 13.0 Å². The number of amides is 3. The fourth-order valence-corrected chi connectivity index (χ4v) is 11.7. The number of alkyl carbamates (subject to hydrolysis) is 1. The summed E-state index contributed by atoms with van der Waals surface area (Å²) in [4.78, 5) is 50.9. The monoisotopic (exact) mass is 740 g/mol. The third-order valence-electron chi connectivity index (χ3n) is 14.9. The van der Waals surface area contributed by atoms with Gasteiger partial charge in [0.2, 0.25) is 11.8 Å². The van der Waals surface area contributed by atoms with E-state index in [9.17, 15) is 19.2 Å². The summed E-state index contributed by atoms with van der Waals surface area (Å²) >= 11 is 0. The molecule has 0 aromatic rings. The SMILES string of the molecule is CNC(=O)CCC(=O)OC1CN(C(=O)CCCCCNC(=O)O[C@H]2CC[C@@]3(C)C(=CCC4C3CC[C@@]3(C)C4CC[C@@H]3[C@H](C)CCCC(C)C)C2)CC1C. The smallest absolute Gasteiger partial charge is 0.407 e. The lowest BCUT2D eigenvalue weighted by Gasteiger charge is -2.58. The average molecular weight is 740 g/mol. The number of carbonyl (C=O) groups is 4. The first kappa shape index (κ1) is 41.6. The lowest BCUT2D eigenvalue weighted by Crippen LogP contribution is -2.51. The van der Waals surface area contributed by atoms with Gasteiger partial charge < -0.3 is 25.0 Å². The Morgan fingerprint density at radius 1 is 0.887 bits per heavy atom. The number of nitrogens with zero attached hydrogens (tertiary/aromatic N) is 1. The molecule has 9 nitrogen and oxygen atoms in total. The van der Waals surface area contributed by atoms with Crippen LogP contribution in [0.4, 0.5) is 4.79 Å². The maximum absolute atomic E-state index is 12.8. The molecule has 3 saturated carbocycles. The summed E-state index contributed by atoms with van der Waals surface area (Å²) in [6.45, 7) is 16.0. The van der Waals surface area contributed by atoms with Gasteiger partial charge in [0, 0.05) is 45.3 Å². The second-order valence-corrected chi connectivity index (χ2v) is 18.8. The predicted octanol–water partition coefficient (Wildman–Crippen LogP) is 8.60. The van der Waals surface area contributed by atoms with Crippen LogP contribution in [0.3, 0.4) is 0 Å². The van der Waals surface area contributed by atoms with Gasteiger partial charge in [0.1, 0.15) is 12.2 Å². The van der Waals surface area contributed by atoms with E-state index in [1.165, 1.54) is 58.4 Å². The van der Waals surface area contributed by atoms with Crippen molar-refractivity contribution in [3.63, 3.8) is 0 Å². The van der Waals surface area contributed by atoms with Crippen LogP contribution in [0.25, 0.3) is 0 Å². The quantitative estimate of drug-likeness (QED) is 0.0932. The van der Waals surface area contributed by atoms with Gasteiger partial charge in [0.15, 0.2) is 0 Å². The van der Waals surface area contributed by atoms with Gasteiger partial charge in [-0.2, -0.15) is 0 Å². The van der Waals surface area contributed by atoms with Crippen LogP contribution in [0.5, 0.6) is 0 Å². The zero-order chi connectivity index (χ0) is 38.3. The topological polar surface area (TPSA) is 114 Å². The highest BCUT2D eigenvalue weighted by atomic mass is 16.6. The van der Waals surface area contributed by atoms with Gasteiger partial charge in [-0.1, -0.05) is 78.9 Å². The third-order valence-corrected chi connectivity index (χ3v) is 14.9. The van der Waals surface area contributed by atoms with Crippen molar-refractivity contribution in [3.05, 3.63) is 11.6 Å². The van der Waals surface area contributed by atoms with E-state index >= 15 is 0 Å². The average Bonchev–Trinajstić information content (AvgIpc) is 3.67. The number of hydrogen-bond donors (Lipinski definition) is 2. The van der Waals surface area contributed by atoms with E-state index in [0.29, 0.717) is 31.5 Å². The van der Waals surface area contributed by atoms with Crippen molar-refractivity contribution in [3.8, 4) is 0 Å². The molecule has 1 saturated heterocycles. The van der Waals surface area contributed by atoms with Gasteiger partial charge >= 0.3 is 12.1 Å². The number of nitrogens with one attached hydrogen (secondary N) is 2. The molecule has 5 aliphatic rings. The molecule has 3 amide bonds. The molecular weight excluding hydrogens is 666 g/mol. The van der Waals surface area contributed by atoms with Crippen molar-refractivity contribution >= 4 is 23.9 Å². The molecule has 0 bridgehead atoms. The van der Waals surface area contributed by atoms with Gasteiger partial charge in [-0.15, -0.1) is 0 Å². The molecule has 4 fully saturated rings. The molecule has 300 valence electrons. The number of hydrogen-bond acceptors (Lipinski definition) is 6. The number of likely N-dealkylation sites (tertiary alicyclic amines) is 1. The van der Waals surface area contributed by atoms with E-state index in [4.69, 9.17) is 9.47 Å². The van der Waals surface area contributed by atoms with Crippen LogP contribution in [0.2, 0.25) is 0 Å². The van der Waals surface area contributed by atoms with E-state index in [-0.39, 0.29) is 54.3 Å². The Balaban J connectivity index is 0.983. The van der Waals surface area contributed by atoms with Gasteiger partial charge in [-0.3, -0.25) is 14.4 Å². The highest BCUT2D eigenvalue weighted by Gasteiger charge is 2.59. The van der Waals surface area contributed by atoms with Crippen LogP contribution in [-0.2, 0) is 23.9 Å². The van der Waals surface area contributed by atoms with E-state index in [1.807, 2.05) is 6.92 Å². The van der Waals surface area contributed by atoms with E-state index in [0.717, 1.165) is 74.0 Å². The molecule has 9 heteroatoms. The van der Waals surface area contributed by atoms with Crippen LogP contribution in [0, 0.1) is 52.3 Å². The molecule has 0 spiro atoms. The minimum Gasteiger partial charge on any atom is -0.460 e. The van der Waals surface area contributed by atoms with Gasteiger partial charge in [0.25, 0.3) is 0 Å². The third kappa shape index (κ3) is 10.00. The highest BCUT2D eigenvalue weighted by molar-refractivity contribution is 5.81. The van der Waals surface area contributed by atoms with E-state index in [1.54, 1.807) is 10.5 Å². The molecule has 1 heterocycles. The van der Waals surface area contributed by atoms with Crippen molar-refractivity contribution in [2.45, 2.75) is 163 Å². The molecule has 0 radical (unpaired) electrons. The summed E-state index contributed by atoms with van der Waals surface area (Å²) < 4.78 is 11.5. The molecule has 5 rings (SSSR count). The molecule has 0 aromatic carbocycles. The Labute approximate surface area is 320 Å². The summed E-state index contributed by atoms with van der Waals surface area (Å²) in [5.41, 5.74) is 2.29. The van der Waals surface area contributed by atoms with Crippen molar-refractivity contribution in [2.24, 2.45) is 52.3 Å². The molecule has 2 N–H and O–H groups in total. The molecule has 5 unspecified atom stereocenters. The van der Waals surface area contributed by atoms with Crippen LogP contribution < -0.4 is 10.6 Å². The van der Waals surface area contributed by atoms with Crippen LogP contribution in [0.1, 0.15) is 151 Å². The number of esters is 1. The minimum atomic E-state index is -0.404. The summed E-state index contributed by atoms with van der Waals surface area (Å²) in [6, 6.07) is 0. The zero-order valence-corrected chi connectivity index (χ0v) is 34.3. The van der Waals surface area contributed by atoms with Crippen molar-refractivity contribution in [1.29, 1.82) is 0 Å². The fraction of sp³-hybridized carbons (Fsp3) is 0.864. The van der Waals surface area contributed by atoms with Gasteiger partial charge in [-0.25, -0.2) is 4.79 Å². The molecule has 53 heavy (non-hydrogen) atoms. The van der Waals surface area contributed by atoms with E-state index in [2.05, 4.69) is 51.3 Å². The van der Waals surface area contributed by atoms with Crippen LogP contribution in [-0.4, -0.2) is 67.7 Å². The van der Waals surface area contributed by atoms with Crippen molar-refractivity contribution < 1.29 is 28.7 Å². The number of ether oxygens (including phenoxy) is 2. The second kappa shape index (κ2) is 18.4. The summed E-state index contributed by atoms with van der Waals surface area (Å²) in [5.74, 6) is 4.47. The van der Waals surface area contributed by atoms with E-state index < -0.39 is 5.97 Å². The summed E-state index contributed by atoms with van der Waals surface area (Å²) in [7, 11) is 1.54. The lowest BCUT2D eigenvalue weighted by molar-refractivity contribution is -0.151. The first-order valence-electron chi connectivity index (χ1n) is 21.6. The molecular formula is C44H73N3O6. The highest BCUT2D eigenvalue weighted by Crippen LogP contribution is 2.67. The van der Waals surface area contributed by atoms with Crippen molar-refractivity contribution in [1.82, 2.24) is 15.5 Å². The Morgan fingerprint density at radius 2 is 1.68 bits per heavy atom. The first-order chi connectivity index (χ1) is 25.2. The summed E-state index contributed by atoms with van der Waals surface area (Å²) in [5, 5.41) is 5.46. The number of unbranched alkanes of at least 4 members (excludes halogenated alkanes) is 2. The minimum absolute atomic E-state index is 0.0379. The zero-order valence-electron chi connectivity index (χ0n) is 34.3. The van der Waals surface area contributed by atoms with Crippen molar-refractivity contribution in [2.75, 3.05) is 26.7 Å². The second-order valence-electron chi connectivity index (χ2n) is 18.8. The number of fused-ring (bicyclic) bond motifs is 5. The van der Waals surface area contributed by atoms with Crippen LogP contribution in [0.15, 0.2) is 11.6 Å². The standard InChI is InChI=1S/C44H73N3O6/c1-29(2)12-11-13-30(3)35-17-18-36-34-16-15-32-26-33(21-23-43(32,5)37(34)22-24-44(35,36)6)52-42(51)46-25-10-8-9-14-40(49)47-27-31(4)38(28-47)53-41(50)20-19-39(48)45-7/h15,29-31,33-38H,8-14,16-28H2,1-7H3,(H,45,48)(H,46,51)/t30-,31?,33+,34?,35-,36?,37?,38?,43+,44-/m1/s1. The first-order valence-corrected chi connectivity index (χ1v) is 21.6. The Bertz CT molecular complexity index is 1320. The predicted molar refractivity (Wildman–Crippen MR) is 209 cm³/mol. The fourth-order valence-electron chi connectivity index (χ4n) is 11.7. The lowest BCUT2D eigenvalue weighted by atomic mass is 9.47. The van der Waals surface area contributed by atoms with Gasteiger partial charge in [-0.05, 0) is 104 Å². The Morgan fingerprint density at radius 3 is 2.43 bits per heavy atom. The summed E-state index contributed by atoms with van der Waals surface area (Å²) in [6.07, 6.45) is 18.6. The maximum atomic E-state index is 12.8. The maximum Gasteiger partial charge on any atom is 0.407 e. The Hall–Kier alpha value is -2.58. The molecule has 0 aromatic heterocycles. The molecule has 10 atom stereocenters.